The standard InChI is InChI=1S/C15H18N4O4/c1-12(18-6-4-16-10-18)21-8-15(23-14(3)20)9-22-13(2)19-7-5-17-11-19/h4-7,10-11,15H,1-2,8-9H2,3H3. The number of carbonyl (C=O) groups excluding carboxylic acids is 1. The normalized spacial score (nSPS) is 10.3. The number of imidazole rings is 2. The fraction of sp³-hybridized carbons (Fsp3) is 0.267. The van der Waals surface area contributed by atoms with E-state index in [1.54, 1.807) is 46.6 Å². The van der Waals surface area contributed by atoms with Crippen molar-refractivity contribution in [2.45, 2.75) is 13.0 Å². The lowest BCUT2D eigenvalue weighted by Gasteiger charge is -2.20. The number of esters is 1. The summed E-state index contributed by atoms with van der Waals surface area (Å²) in [7, 11) is 0. The van der Waals surface area contributed by atoms with Crippen LogP contribution < -0.4 is 0 Å². The van der Waals surface area contributed by atoms with Gasteiger partial charge in [-0.3, -0.25) is 13.9 Å². The number of ether oxygens (including phenoxy) is 3. The minimum absolute atomic E-state index is 0.0911. The average molecular weight is 318 g/mol. The quantitative estimate of drug-likeness (QED) is 0.516. The maximum absolute atomic E-state index is 11.2. The lowest BCUT2D eigenvalue weighted by molar-refractivity contribution is -0.150. The monoisotopic (exact) mass is 318 g/mol. The van der Waals surface area contributed by atoms with Crippen molar-refractivity contribution < 1.29 is 19.0 Å². The summed E-state index contributed by atoms with van der Waals surface area (Å²) in [5.74, 6) is 0.310. The Morgan fingerprint density at radius 2 is 1.52 bits per heavy atom. The first-order valence-corrected chi connectivity index (χ1v) is 6.83. The molecule has 0 atom stereocenters. The van der Waals surface area contributed by atoms with Gasteiger partial charge >= 0.3 is 5.97 Å². The van der Waals surface area contributed by atoms with E-state index >= 15 is 0 Å². The summed E-state index contributed by atoms with van der Waals surface area (Å²) in [6.45, 7) is 9.05. The van der Waals surface area contributed by atoms with Gasteiger partial charge in [-0.05, 0) is 13.2 Å². The lowest BCUT2D eigenvalue weighted by Crippen LogP contribution is -2.27. The van der Waals surface area contributed by atoms with Gasteiger partial charge in [-0.1, -0.05) is 0 Å². The van der Waals surface area contributed by atoms with Crippen molar-refractivity contribution in [3.8, 4) is 0 Å². The molecular weight excluding hydrogens is 300 g/mol. The van der Waals surface area contributed by atoms with Crippen LogP contribution in [0.15, 0.2) is 50.6 Å². The Kier molecular flexibility index (Phi) is 5.56. The molecule has 0 amide bonds. The van der Waals surface area contributed by atoms with Gasteiger partial charge in [-0.25, -0.2) is 9.97 Å². The molecular formula is C15H18N4O4. The van der Waals surface area contributed by atoms with Crippen molar-refractivity contribution in [2.75, 3.05) is 13.2 Å². The summed E-state index contributed by atoms with van der Waals surface area (Å²) in [5, 5.41) is 0. The first kappa shape index (κ1) is 16.3. The Hall–Kier alpha value is -3.03. The van der Waals surface area contributed by atoms with Crippen LogP contribution in [-0.2, 0) is 19.0 Å². The Balaban J connectivity index is 1.85. The summed E-state index contributed by atoms with van der Waals surface area (Å²) in [6, 6.07) is 0. The van der Waals surface area contributed by atoms with Crippen LogP contribution >= 0.6 is 0 Å². The van der Waals surface area contributed by atoms with Crippen LogP contribution in [0.2, 0.25) is 0 Å². The predicted molar refractivity (Wildman–Crippen MR) is 82.6 cm³/mol. The third-order valence-corrected chi connectivity index (χ3v) is 2.79. The van der Waals surface area contributed by atoms with Crippen LogP contribution in [0.5, 0.6) is 0 Å². The van der Waals surface area contributed by atoms with E-state index < -0.39 is 12.1 Å². The molecule has 0 aliphatic carbocycles. The van der Waals surface area contributed by atoms with E-state index in [0.29, 0.717) is 11.8 Å². The van der Waals surface area contributed by atoms with Crippen LogP contribution in [-0.4, -0.2) is 44.4 Å². The summed E-state index contributed by atoms with van der Waals surface area (Å²) in [4.78, 5) is 19.0. The van der Waals surface area contributed by atoms with Crippen LogP contribution in [0, 0.1) is 0 Å². The highest BCUT2D eigenvalue weighted by Crippen LogP contribution is 2.09. The molecule has 0 unspecified atom stereocenters. The van der Waals surface area contributed by atoms with Gasteiger partial charge in [-0.15, -0.1) is 0 Å². The first-order chi connectivity index (χ1) is 11.1. The number of hydrogen-bond donors (Lipinski definition) is 0. The average Bonchev–Trinajstić information content (AvgIpc) is 3.21. The van der Waals surface area contributed by atoms with Crippen molar-refractivity contribution in [1.29, 1.82) is 0 Å². The molecule has 2 heterocycles. The largest absolute Gasteiger partial charge is 0.475 e. The molecule has 0 bridgehead atoms. The van der Waals surface area contributed by atoms with Gasteiger partial charge in [0.05, 0.1) is 0 Å². The zero-order valence-corrected chi connectivity index (χ0v) is 12.8. The zero-order valence-electron chi connectivity index (χ0n) is 12.8. The van der Waals surface area contributed by atoms with Gasteiger partial charge in [0, 0.05) is 31.7 Å². The maximum Gasteiger partial charge on any atom is 0.303 e. The molecule has 122 valence electrons. The van der Waals surface area contributed by atoms with Gasteiger partial charge in [0.25, 0.3) is 0 Å². The Morgan fingerprint density at radius 3 is 1.87 bits per heavy atom. The molecule has 2 aromatic heterocycles. The summed E-state index contributed by atoms with van der Waals surface area (Å²) < 4.78 is 19.4. The van der Waals surface area contributed by atoms with Crippen LogP contribution in [0.25, 0.3) is 11.8 Å². The smallest absolute Gasteiger partial charge is 0.303 e. The molecule has 2 rings (SSSR count). The molecule has 0 saturated carbocycles. The molecule has 0 spiro atoms. The van der Waals surface area contributed by atoms with E-state index in [1.165, 1.54) is 6.92 Å². The van der Waals surface area contributed by atoms with Gasteiger partial charge in [-0.2, -0.15) is 0 Å². The Labute approximate surface area is 133 Å². The molecule has 0 aliphatic rings. The molecule has 0 aliphatic heterocycles. The molecule has 23 heavy (non-hydrogen) atoms. The third kappa shape index (κ3) is 5.03. The Morgan fingerprint density at radius 1 is 1.04 bits per heavy atom. The number of aromatic nitrogens is 4. The minimum Gasteiger partial charge on any atom is -0.475 e. The van der Waals surface area contributed by atoms with Gasteiger partial charge in [0.2, 0.25) is 0 Å². The second kappa shape index (κ2) is 7.83. The fourth-order valence-electron chi connectivity index (χ4n) is 1.69. The predicted octanol–water partition coefficient (Wildman–Crippen LogP) is 1.60. The molecule has 2 aromatic rings. The van der Waals surface area contributed by atoms with Crippen molar-refractivity contribution >= 4 is 17.7 Å². The van der Waals surface area contributed by atoms with Crippen LogP contribution in [0.4, 0.5) is 0 Å². The van der Waals surface area contributed by atoms with E-state index in [2.05, 4.69) is 23.1 Å². The maximum atomic E-state index is 11.2. The molecule has 0 saturated heterocycles. The number of rotatable bonds is 9. The second-order valence-electron chi connectivity index (χ2n) is 4.58. The van der Waals surface area contributed by atoms with Gasteiger partial charge in [0.1, 0.15) is 25.9 Å². The molecule has 0 N–H and O–H groups in total. The topological polar surface area (TPSA) is 80.4 Å². The summed E-state index contributed by atoms with van der Waals surface area (Å²) in [6.07, 6.45) is 9.11. The first-order valence-electron chi connectivity index (χ1n) is 6.83. The number of carbonyl (C=O) groups is 1. The third-order valence-electron chi connectivity index (χ3n) is 2.79. The van der Waals surface area contributed by atoms with Crippen LogP contribution in [0.1, 0.15) is 6.92 Å². The second-order valence-corrected chi connectivity index (χ2v) is 4.58. The SMILES string of the molecule is C=C(OCC(COC(=C)n1ccnc1)OC(C)=O)n1ccnc1. The Bertz CT molecular complexity index is 599. The molecule has 0 radical (unpaired) electrons. The number of nitrogens with zero attached hydrogens (tertiary/aromatic N) is 4. The number of hydrogen-bond acceptors (Lipinski definition) is 6. The highest BCUT2D eigenvalue weighted by Gasteiger charge is 2.16. The van der Waals surface area contributed by atoms with Crippen molar-refractivity contribution in [1.82, 2.24) is 19.1 Å². The highest BCUT2D eigenvalue weighted by atomic mass is 16.6. The zero-order chi connectivity index (χ0) is 16.7. The minimum atomic E-state index is -0.604. The fourth-order valence-corrected chi connectivity index (χ4v) is 1.69. The van der Waals surface area contributed by atoms with Gasteiger partial charge in [0.15, 0.2) is 17.9 Å². The van der Waals surface area contributed by atoms with Crippen molar-refractivity contribution in [3.63, 3.8) is 0 Å². The van der Waals surface area contributed by atoms with E-state index in [4.69, 9.17) is 14.2 Å². The van der Waals surface area contributed by atoms with Crippen molar-refractivity contribution in [2.24, 2.45) is 0 Å². The molecule has 0 aromatic carbocycles. The van der Waals surface area contributed by atoms with E-state index in [0.717, 1.165) is 0 Å². The van der Waals surface area contributed by atoms with E-state index in [-0.39, 0.29) is 13.2 Å². The summed E-state index contributed by atoms with van der Waals surface area (Å²) >= 11 is 0. The van der Waals surface area contributed by atoms with Gasteiger partial charge < -0.3 is 14.2 Å². The van der Waals surface area contributed by atoms with E-state index in [1.807, 2.05) is 0 Å². The molecule has 8 nitrogen and oxygen atoms in total. The molecule has 8 heteroatoms. The lowest BCUT2D eigenvalue weighted by atomic mass is 10.4. The van der Waals surface area contributed by atoms with Crippen LogP contribution in [0.3, 0.4) is 0 Å². The van der Waals surface area contributed by atoms with E-state index in [9.17, 15) is 4.79 Å². The van der Waals surface area contributed by atoms with Crippen molar-refractivity contribution in [3.05, 3.63) is 50.6 Å². The molecule has 0 fully saturated rings. The summed E-state index contributed by atoms with van der Waals surface area (Å²) in [5.41, 5.74) is 0. The highest BCUT2D eigenvalue weighted by molar-refractivity contribution is 5.66.